The molecule has 1 aromatic carbocycles. The number of aliphatic hydroxyl groups is 1. The predicted octanol–water partition coefficient (Wildman–Crippen LogP) is 1.99. The van der Waals surface area contributed by atoms with Crippen molar-refractivity contribution in [3.8, 4) is 0 Å². The first kappa shape index (κ1) is 17.7. The third-order valence-corrected chi connectivity index (χ3v) is 5.17. The largest absolute Gasteiger partial charge is 0.389 e. The number of nitrogens with one attached hydrogen (secondary N) is 2. The van der Waals surface area contributed by atoms with Crippen molar-refractivity contribution in [3.05, 3.63) is 29.8 Å². The number of aliphatic hydroxyl groups excluding tert-OH is 1. The van der Waals surface area contributed by atoms with Gasteiger partial charge in [0.05, 0.1) is 12.7 Å². The van der Waals surface area contributed by atoms with Gasteiger partial charge in [-0.2, -0.15) is 0 Å². The molecule has 134 valence electrons. The number of methoxy groups -OCH3 is 1. The van der Waals surface area contributed by atoms with E-state index >= 15 is 0 Å². The Labute approximate surface area is 145 Å². The van der Waals surface area contributed by atoms with Crippen molar-refractivity contribution < 1.29 is 9.84 Å². The Morgan fingerprint density at radius 2 is 2.08 bits per heavy atom. The summed E-state index contributed by atoms with van der Waals surface area (Å²) in [4.78, 5) is 2.35. The number of para-hydroxylation sites is 1. The molecule has 0 aromatic heterocycles. The molecule has 2 aliphatic rings. The molecule has 0 saturated carbocycles. The molecule has 2 aliphatic heterocycles. The van der Waals surface area contributed by atoms with Gasteiger partial charge in [0.15, 0.2) is 0 Å². The van der Waals surface area contributed by atoms with Gasteiger partial charge in [-0.3, -0.25) is 0 Å². The topological polar surface area (TPSA) is 56.8 Å². The molecule has 24 heavy (non-hydrogen) atoms. The van der Waals surface area contributed by atoms with Gasteiger partial charge >= 0.3 is 0 Å². The zero-order valence-electron chi connectivity index (χ0n) is 14.7. The van der Waals surface area contributed by atoms with E-state index in [2.05, 4.69) is 39.8 Å². The van der Waals surface area contributed by atoms with Gasteiger partial charge in [0.25, 0.3) is 0 Å². The fraction of sp³-hybridized carbons (Fsp3) is 0.684. The van der Waals surface area contributed by atoms with Crippen molar-refractivity contribution in [1.82, 2.24) is 10.2 Å². The van der Waals surface area contributed by atoms with Crippen LogP contribution in [0.4, 0.5) is 5.69 Å². The van der Waals surface area contributed by atoms with Crippen LogP contribution in [0.25, 0.3) is 0 Å². The quantitative estimate of drug-likeness (QED) is 0.743. The Balaban J connectivity index is 1.51. The smallest absolute Gasteiger partial charge is 0.0900 e. The second kappa shape index (κ2) is 8.81. The number of rotatable bonds is 6. The van der Waals surface area contributed by atoms with Crippen LogP contribution >= 0.6 is 0 Å². The molecule has 0 radical (unpaired) electrons. The summed E-state index contributed by atoms with van der Waals surface area (Å²) in [5.74, 6) is 0. The normalized spacial score (nSPS) is 24.0. The van der Waals surface area contributed by atoms with Crippen LogP contribution in [0.5, 0.6) is 0 Å². The van der Waals surface area contributed by atoms with Gasteiger partial charge in [-0.15, -0.1) is 0 Å². The van der Waals surface area contributed by atoms with Crippen molar-refractivity contribution in [2.24, 2.45) is 0 Å². The van der Waals surface area contributed by atoms with Gasteiger partial charge in [-0.1, -0.05) is 18.2 Å². The van der Waals surface area contributed by atoms with Crippen LogP contribution in [0.3, 0.4) is 0 Å². The summed E-state index contributed by atoms with van der Waals surface area (Å²) >= 11 is 0. The van der Waals surface area contributed by atoms with E-state index in [1.165, 1.54) is 24.1 Å². The lowest BCUT2D eigenvalue weighted by Gasteiger charge is -2.35. The van der Waals surface area contributed by atoms with E-state index in [-0.39, 0.29) is 6.10 Å². The number of benzene rings is 1. The van der Waals surface area contributed by atoms with Gasteiger partial charge in [-0.05, 0) is 50.4 Å². The molecular formula is C19H31N3O2. The van der Waals surface area contributed by atoms with Gasteiger partial charge in [0, 0.05) is 38.0 Å². The van der Waals surface area contributed by atoms with E-state index in [0.717, 1.165) is 39.0 Å². The van der Waals surface area contributed by atoms with Crippen molar-refractivity contribution >= 4 is 5.69 Å². The predicted molar refractivity (Wildman–Crippen MR) is 97.4 cm³/mol. The van der Waals surface area contributed by atoms with E-state index in [0.29, 0.717) is 18.7 Å². The first-order valence-corrected chi connectivity index (χ1v) is 9.24. The lowest BCUT2D eigenvalue weighted by atomic mass is 9.97. The molecule has 0 unspecified atom stereocenters. The zero-order chi connectivity index (χ0) is 16.8. The van der Waals surface area contributed by atoms with E-state index in [1.807, 2.05) is 0 Å². The molecule has 3 rings (SSSR count). The number of fused-ring (bicyclic) bond motifs is 1. The molecule has 0 amide bonds. The van der Waals surface area contributed by atoms with Crippen molar-refractivity contribution in [2.75, 3.05) is 45.2 Å². The number of piperidine rings is 1. The fourth-order valence-corrected chi connectivity index (χ4v) is 3.93. The highest BCUT2D eigenvalue weighted by Gasteiger charge is 2.25. The maximum Gasteiger partial charge on any atom is 0.0900 e. The monoisotopic (exact) mass is 333 g/mol. The SMILES string of the molecule is COC[C@H](O)CN1CCC(N[C@H]2CCCNc3ccccc32)CC1. The summed E-state index contributed by atoms with van der Waals surface area (Å²) in [6, 6.07) is 9.71. The van der Waals surface area contributed by atoms with Crippen LogP contribution in [0.15, 0.2) is 24.3 Å². The molecule has 5 heteroatoms. The molecule has 1 aromatic rings. The number of likely N-dealkylation sites (tertiary alicyclic amines) is 1. The van der Waals surface area contributed by atoms with Crippen LogP contribution in [-0.2, 0) is 4.74 Å². The van der Waals surface area contributed by atoms with Gasteiger partial charge < -0.3 is 25.4 Å². The van der Waals surface area contributed by atoms with Crippen LogP contribution in [0, 0.1) is 0 Å². The van der Waals surface area contributed by atoms with Crippen LogP contribution in [-0.4, -0.2) is 62.0 Å². The summed E-state index contributed by atoms with van der Waals surface area (Å²) in [7, 11) is 1.64. The number of anilines is 1. The highest BCUT2D eigenvalue weighted by atomic mass is 16.5. The Hall–Kier alpha value is -1.14. The third-order valence-electron chi connectivity index (χ3n) is 5.17. The molecule has 1 fully saturated rings. The minimum absolute atomic E-state index is 0.376. The van der Waals surface area contributed by atoms with Crippen LogP contribution < -0.4 is 10.6 Å². The number of nitrogens with zero attached hydrogens (tertiary/aromatic N) is 1. The minimum Gasteiger partial charge on any atom is -0.389 e. The van der Waals surface area contributed by atoms with E-state index < -0.39 is 0 Å². The van der Waals surface area contributed by atoms with Crippen molar-refractivity contribution in [2.45, 2.75) is 43.9 Å². The zero-order valence-corrected chi connectivity index (χ0v) is 14.7. The first-order chi connectivity index (χ1) is 11.8. The molecule has 2 atom stereocenters. The molecule has 5 nitrogen and oxygen atoms in total. The van der Waals surface area contributed by atoms with Gasteiger partial charge in [-0.25, -0.2) is 0 Å². The molecule has 0 spiro atoms. The number of hydrogen-bond donors (Lipinski definition) is 3. The number of β-amino-alcohol motifs (C(OH)–C–C–N with tert-alkyl or cyclic N) is 1. The average molecular weight is 333 g/mol. The molecular weight excluding hydrogens is 302 g/mol. The minimum atomic E-state index is -0.376. The Bertz CT molecular complexity index is 503. The molecule has 0 bridgehead atoms. The van der Waals surface area contributed by atoms with Gasteiger partial charge in [0.2, 0.25) is 0 Å². The molecule has 2 heterocycles. The Morgan fingerprint density at radius 3 is 2.88 bits per heavy atom. The molecule has 1 saturated heterocycles. The van der Waals surface area contributed by atoms with Gasteiger partial charge in [0.1, 0.15) is 0 Å². The second-order valence-electron chi connectivity index (χ2n) is 7.06. The summed E-state index contributed by atoms with van der Waals surface area (Å²) in [6.45, 7) is 4.29. The summed E-state index contributed by atoms with van der Waals surface area (Å²) in [5, 5.41) is 17.3. The Morgan fingerprint density at radius 1 is 1.29 bits per heavy atom. The third kappa shape index (κ3) is 4.70. The molecule has 0 aliphatic carbocycles. The summed E-state index contributed by atoms with van der Waals surface area (Å²) < 4.78 is 5.02. The maximum absolute atomic E-state index is 9.88. The Kier molecular flexibility index (Phi) is 6.49. The number of hydrogen-bond acceptors (Lipinski definition) is 5. The van der Waals surface area contributed by atoms with Crippen molar-refractivity contribution in [3.63, 3.8) is 0 Å². The number of ether oxygens (including phenoxy) is 1. The van der Waals surface area contributed by atoms with Crippen LogP contribution in [0.2, 0.25) is 0 Å². The summed E-state index contributed by atoms with van der Waals surface area (Å²) in [6.07, 6.45) is 4.31. The summed E-state index contributed by atoms with van der Waals surface area (Å²) in [5.41, 5.74) is 2.69. The lowest BCUT2D eigenvalue weighted by Crippen LogP contribution is -2.46. The second-order valence-corrected chi connectivity index (χ2v) is 7.06. The van der Waals surface area contributed by atoms with Crippen molar-refractivity contribution in [1.29, 1.82) is 0 Å². The highest BCUT2D eigenvalue weighted by molar-refractivity contribution is 5.53. The van der Waals surface area contributed by atoms with E-state index in [9.17, 15) is 5.11 Å². The highest BCUT2D eigenvalue weighted by Crippen LogP contribution is 2.30. The molecule has 3 N–H and O–H groups in total. The van der Waals surface area contributed by atoms with Crippen LogP contribution in [0.1, 0.15) is 37.3 Å². The first-order valence-electron chi connectivity index (χ1n) is 9.24. The standard InChI is InChI=1S/C19H31N3O2/c1-24-14-16(23)13-22-11-8-15(9-12-22)21-19-7-4-10-20-18-6-3-2-5-17(18)19/h2-3,5-6,15-16,19-21,23H,4,7-14H2,1H3/t16-,19+/m1/s1. The van der Waals surface area contributed by atoms with E-state index in [4.69, 9.17) is 4.74 Å². The van der Waals surface area contributed by atoms with E-state index in [1.54, 1.807) is 7.11 Å². The lowest BCUT2D eigenvalue weighted by molar-refractivity contribution is 0.0307. The fourth-order valence-electron chi connectivity index (χ4n) is 3.93. The maximum atomic E-state index is 9.88. The average Bonchev–Trinajstić information content (AvgIpc) is 2.79.